The van der Waals surface area contributed by atoms with Crippen LogP contribution in [0.2, 0.25) is 0 Å². The van der Waals surface area contributed by atoms with Crippen LogP contribution in [0.4, 0.5) is 17.6 Å². The lowest BCUT2D eigenvalue weighted by Crippen LogP contribution is -2.36. The maximum absolute atomic E-state index is 13.9. The number of halogens is 5. The molecule has 394 valence electrons. The highest BCUT2D eigenvalue weighted by molar-refractivity contribution is 9.10. The average molecular weight is 1090 g/mol. The van der Waals surface area contributed by atoms with Gasteiger partial charge in [0.1, 0.15) is 18.2 Å². The molecule has 3 aromatic heterocycles. The van der Waals surface area contributed by atoms with E-state index in [0.717, 1.165) is 111 Å². The molecule has 0 bridgehead atoms. The molecule has 74 heavy (non-hydrogen) atoms. The zero-order valence-electron chi connectivity index (χ0n) is 41.6. The predicted octanol–water partition coefficient (Wildman–Crippen LogP) is 11.3. The maximum Gasteiger partial charge on any atom is 0.416 e. The van der Waals surface area contributed by atoms with Gasteiger partial charge < -0.3 is 33.9 Å². The SMILES string of the molecule is Brc1ccc(CN2CCC(OCc3cnc[nH]3)CC2)cc1.Fc1cc(C(F)(F)F)ccc1CN1CCC(OCc2cnc[nH]2)CC1.c1ccc(COc2ccc(CN3CCC(OCc4cnc[nH]4)CC3)cc2)cc1. The second-order valence-electron chi connectivity index (χ2n) is 18.9. The van der Waals surface area contributed by atoms with E-state index in [0.29, 0.717) is 64.3 Å². The Bertz CT molecular complexity index is 2610. The first kappa shape index (κ1) is 54.5. The molecule has 3 aliphatic rings. The lowest BCUT2D eigenvalue weighted by molar-refractivity contribution is -0.137. The van der Waals surface area contributed by atoms with Crippen molar-refractivity contribution in [1.82, 2.24) is 44.6 Å². The van der Waals surface area contributed by atoms with Crippen molar-refractivity contribution in [3.8, 4) is 5.75 Å². The van der Waals surface area contributed by atoms with Crippen molar-refractivity contribution in [3.63, 3.8) is 0 Å². The van der Waals surface area contributed by atoms with Crippen LogP contribution in [-0.4, -0.2) is 102 Å². The number of hydrogen-bond acceptors (Lipinski definition) is 10. The van der Waals surface area contributed by atoms with Crippen LogP contribution in [0, 0.1) is 5.82 Å². The molecule has 10 rings (SSSR count). The molecule has 0 unspecified atom stereocenters. The second kappa shape index (κ2) is 28.2. The minimum Gasteiger partial charge on any atom is -0.489 e. The summed E-state index contributed by atoms with van der Waals surface area (Å²) in [5.41, 5.74) is 6.20. The van der Waals surface area contributed by atoms with Crippen LogP contribution in [-0.2, 0) is 66.4 Å². The first-order chi connectivity index (χ1) is 36.1. The van der Waals surface area contributed by atoms with Gasteiger partial charge in [-0.05, 0) is 91.6 Å². The van der Waals surface area contributed by atoms with Crippen molar-refractivity contribution in [3.05, 3.63) is 190 Å². The number of piperidine rings is 3. The van der Waals surface area contributed by atoms with Gasteiger partial charge in [0.15, 0.2) is 0 Å². The van der Waals surface area contributed by atoms with E-state index < -0.39 is 17.6 Å². The number of benzene rings is 4. The summed E-state index contributed by atoms with van der Waals surface area (Å²) in [6.45, 7) is 10.4. The monoisotopic (exact) mass is 1080 g/mol. The van der Waals surface area contributed by atoms with Gasteiger partial charge in [0.25, 0.3) is 0 Å². The largest absolute Gasteiger partial charge is 0.489 e. The van der Waals surface area contributed by atoms with Crippen LogP contribution in [0.5, 0.6) is 5.75 Å². The lowest BCUT2D eigenvalue weighted by Gasteiger charge is -2.32. The summed E-state index contributed by atoms with van der Waals surface area (Å²) >= 11 is 3.47. The van der Waals surface area contributed by atoms with E-state index in [1.165, 1.54) is 22.8 Å². The Labute approximate surface area is 439 Å². The van der Waals surface area contributed by atoms with Gasteiger partial charge in [0.2, 0.25) is 0 Å². The number of aromatic nitrogens is 6. The van der Waals surface area contributed by atoms with E-state index >= 15 is 0 Å². The van der Waals surface area contributed by atoms with E-state index in [-0.39, 0.29) is 11.7 Å². The number of imidazole rings is 3. The second-order valence-corrected chi connectivity index (χ2v) is 19.9. The molecule has 3 fully saturated rings. The summed E-state index contributed by atoms with van der Waals surface area (Å²) in [5.74, 6) is 0.103. The Balaban J connectivity index is 0.000000149. The summed E-state index contributed by atoms with van der Waals surface area (Å²) in [6.07, 6.45) is 12.6. The van der Waals surface area contributed by atoms with E-state index in [1.807, 2.05) is 35.5 Å². The molecule has 0 aliphatic carbocycles. The summed E-state index contributed by atoms with van der Waals surface area (Å²) in [6, 6.07) is 30.0. The minimum absolute atomic E-state index is 0.122. The Morgan fingerprint density at radius 2 is 0.946 bits per heavy atom. The molecule has 0 spiro atoms. The van der Waals surface area contributed by atoms with Crippen LogP contribution in [0.15, 0.2) is 139 Å². The van der Waals surface area contributed by atoms with Gasteiger partial charge >= 0.3 is 6.18 Å². The third-order valence-electron chi connectivity index (χ3n) is 13.4. The zero-order valence-corrected chi connectivity index (χ0v) is 43.2. The first-order valence-corrected chi connectivity index (χ1v) is 26.1. The Kier molecular flexibility index (Phi) is 20.8. The average Bonchev–Trinajstić information content (AvgIpc) is 4.26. The molecule has 13 nitrogen and oxygen atoms in total. The van der Waals surface area contributed by atoms with Crippen LogP contribution in [0.25, 0.3) is 0 Å². The highest BCUT2D eigenvalue weighted by Gasteiger charge is 2.31. The molecule has 4 aromatic carbocycles. The number of likely N-dealkylation sites (tertiary alicyclic amines) is 3. The number of nitrogens with one attached hydrogen (secondary N) is 3. The van der Waals surface area contributed by atoms with Crippen molar-refractivity contribution >= 4 is 15.9 Å². The van der Waals surface area contributed by atoms with Crippen molar-refractivity contribution < 1.29 is 36.5 Å². The number of hydrogen-bond donors (Lipinski definition) is 3. The highest BCUT2D eigenvalue weighted by atomic mass is 79.9. The lowest BCUT2D eigenvalue weighted by atomic mass is 10.1. The molecule has 0 amide bonds. The number of ether oxygens (including phenoxy) is 4. The summed E-state index contributed by atoms with van der Waals surface area (Å²) < 4.78 is 76.4. The predicted molar refractivity (Wildman–Crippen MR) is 278 cm³/mol. The van der Waals surface area contributed by atoms with Gasteiger partial charge in [0, 0.05) is 68.9 Å². The Morgan fingerprint density at radius 3 is 1.35 bits per heavy atom. The van der Waals surface area contributed by atoms with E-state index in [1.54, 1.807) is 25.2 Å². The van der Waals surface area contributed by atoms with Gasteiger partial charge in [-0.1, -0.05) is 76.6 Å². The van der Waals surface area contributed by atoms with Crippen molar-refractivity contribution in [1.29, 1.82) is 0 Å². The van der Waals surface area contributed by atoms with Crippen molar-refractivity contribution in [2.24, 2.45) is 0 Å². The molecule has 0 radical (unpaired) electrons. The third kappa shape index (κ3) is 18.3. The van der Waals surface area contributed by atoms with Gasteiger partial charge in [-0.25, -0.2) is 19.3 Å². The summed E-state index contributed by atoms with van der Waals surface area (Å²) in [4.78, 5) is 28.1. The fourth-order valence-corrected chi connectivity index (χ4v) is 9.31. The fraction of sp³-hybridized carbons (Fsp3) is 0.411. The van der Waals surface area contributed by atoms with Crippen LogP contribution < -0.4 is 4.74 Å². The first-order valence-electron chi connectivity index (χ1n) is 25.4. The summed E-state index contributed by atoms with van der Waals surface area (Å²) in [7, 11) is 0. The van der Waals surface area contributed by atoms with Crippen molar-refractivity contribution in [2.75, 3.05) is 39.3 Å². The number of nitrogens with zero attached hydrogens (tertiary/aromatic N) is 6. The number of alkyl halides is 3. The molecule has 18 heteroatoms. The molecule has 3 aliphatic heterocycles. The van der Waals surface area contributed by atoms with E-state index in [9.17, 15) is 17.6 Å². The molecule has 3 saturated heterocycles. The van der Waals surface area contributed by atoms with Gasteiger partial charge in [-0.2, -0.15) is 13.2 Å². The maximum atomic E-state index is 13.9. The molecule has 0 saturated carbocycles. The van der Waals surface area contributed by atoms with E-state index in [4.69, 9.17) is 18.9 Å². The minimum atomic E-state index is -4.52. The zero-order chi connectivity index (χ0) is 51.4. The summed E-state index contributed by atoms with van der Waals surface area (Å²) in [5, 5.41) is 0. The highest BCUT2D eigenvalue weighted by Crippen LogP contribution is 2.31. The molecular formula is C56H66BrF4N9O4. The molecule has 0 atom stereocenters. The molecule has 3 N–H and O–H groups in total. The van der Waals surface area contributed by atoms with Crippen LogP contribution >= 0.6 is 15.9 Å². The molecule has 7 aromatic rings. The third-order valence-corrected chi connectivity index (χ3v) is 13.9. The molecular weight excluding hydrogens is 1020 g/mol. The topological polar surface area (TPSA) is 133 Å². The van der Waals surface area contributed by atoms with Gasteiger partial charge in [-0.15, -0.1) is 0 Å². The number of H-pyrrole nitrogens is 3. The quantitative estimate of drug-likeness (QED) is 0.0714. The Hall–Kier alpha value is -5.73. The number of aromatic amines is 3. The normalized spacial score (nSPS) is 16.6. The standard InChI is InChI=1S/C23H27N3O2.C17H19F4N3O.C16H20BrN3O/c1-2-4-20(5-3-1)16-27-22-8-6-19(7-9-22)15-26-12-10-23(11-13-26)28-17-21-14-24-18-25-21;18-16-7-13(17(19,20)21)2-1-12(16)9-24-5-3-15(4-6-24)25-10-14-8-22-11-23-14;17-14-3-1-13(2-4-14)10-20-7-5-16(6-8-20)21-11-15-9-18-12-19-15/h1-9,14,18,23H,10-13,15-17H2,(H,24,25);1-2,7-8,11,15H,3-6,9-10H2,(H,22,23);1-4,9,12,16H,5-8,10-11H2,(H,18,19). The van der Waals surface area contributed by atoms with Crippen LogP contribution in [0.3, 0.4) is 0 Å². The number of rotatable bonds is 18. The fourth-order valence-electron chi connectivity index (χ4n) is 9.05. The van der Waals surface area contributed by atoms with E-state index in [2.05, 4.69) is 116 Å². The van der Waals surface area contributed by atoms with Gasteiger partial charge in [0.05, 0.1) is 98.4 Å². The van der Waals surface area contributed by atoms with Gasteiger partial charge in [-0.3, -0.25) is 14.7 Å². The molecule has 6 heterocycles. The van der Waals surface area contributed by atoms with Crippen LogP contribution in [0.1, 0.15) is 83.4 Å². The Morgan fingerprint density at radius 1 is 0.514 bits per heavy atom. The van der Waals surface area contributed by atoms with Crippen molar-refractivity contribution in [2.45, 2.75) is 109 Å². The smallest absolute Gasteiger partial charge is 0.416 e.